The fourth-order valence-electron chi connectivity index (χ4n) is 1.96. The van der Waals surface area contributed by atoms with E-state index in [4.69, 9.17) is 4.74 Å². The Hall–Kier alpha value is -1.59. The van der Waals surface area contributed by atoms with Crippen molar-refractivity contribution in [3.63, 3.8) is 0 Å². The average Bonchev–Trinajstić information content (AvgIpc) is 2.46. The fraction of sp³-hybridized carbons (Fsp3) is 0.533. The lowest BCUT2D eigenvalue weighted by atomic mass is 10.1. The third-order valence-electron chi connectivity index (χ3n) is 3.09. The summed E-state index contributed by atoms with van der Waals surface area (Å²) in [6.07, 6.45) is 0. The number of likely N-dealkylation sites (N-methyl/N-ethyl adjacent to an activating group) is 1. The summed E-state index contributed by atoms with van der Waals surface area (Å²) in [5.74, 6) is 0.796. The Balaban J connectivity index is 2.54. The van der Waals surface area contributed by atoms with Crippen molar-refractivity contribution in [1.82, 2.24) is 15.5 Å². The van der Waals surface area contributed by atoms with Crippen molar-refractivity contribution in [2.24, 2.45) is 4.99 Å². The van der Waals surface area contributed by atoms with E-state index in [0.717, 1.165) is 19.0 Å². The highest BCUT2D eigenvalue weighted by Gasteiger charge is 2.13. The number of rotatable bonds is 7. The van der Waals surface area contributed by atoms with Gasteiger partial charge in [0.2, 0.25) is 0 Å². The second-order valence-electron chi connectivity index (χ2n) is 4.76. The normalized spacial score (nSPS) is 13.3. The number of hydrogen-bond acceptors (Lipinski definition) is 3. The maximum absolute atomic E-state index is 5.02. The highest BCUT2D eigenvalue weighted by molar-refractivity contribution is 5.79. The third kappa shape index (κ3) is 5.59. The summed E-state index contributed by atoms with van der Waals surface area (Å²) in [6.45, 7) is 2.20. The van der Waals surface area contributed by atoms with E-state index in [-0.39, 0.29) is 0 Å². The Morgan fingerprint density at radius 3 is 2.50 bits per heavy atom. The van der Waals surface area contributed by atoms with Crippen LogP contribution in [0.2, 0.25) is 0 Å². The zero-order chi connectivity index (χ0) is 14.8. The van der Waals surface area contributed by atoms with Crippen LogP contribution in [0.4, 0.5) is 0 Å². The quantitative estimate of drug-likeness (QED) is 0.445. The molecule has 0 bridgehead atoms. The number of aliphatic imine (C=N–C) groups is 1. The van der Waals surface area contributed by atoms with Crippen molar-refractivity contribution in [3.8, 4) is 0 Å². The van der Waals surface area contributed by atoms with Crippen molar-refractivity contribution in [1.29, 1.82) is 0 Å². The topological polar surface area (TPSA) is 48.9 Å². The van der Waals surface area contributed by atoms with E-state index in [2.05, 4.69) is 58.9 Å². The lowest BCUT2D eigenvalue weighted by Gasteiger charge is -2.26. The van der Waals surface area contributed by atoms with Crippen LogP contribution < -0.4 is 10.6 Å². The van der Waals surface area contributed by atoms with Crippen LogP contribution in [-0.2, 0) is 4.74 Å². The lowest BCUT2D eigenvalue weighted by molar-refractivity contribution is 0.203. The van der Waals surface area contributed by atoms with E-state index in [1.165, 1.54) is 5.56 Å². The molecule has 1 atom stereocenters. The molecule has 0 heterocycles. The number of benzene rings is 1. The van der Waals surface area contributed by atoms with Crippen LogP contribution in [0.3, 0.4) is 0 Å². The molecule has 5 heteroatoms. The number of hydrogen-bond donors (Lipinski definition) is 2. The van der Waals surface area contributed by atoms with Gasteiger partial charge in [-0.25, -0.2) is 0 Å². The molecule has 1 aromatic rings. The third-order valence-corrected chi connectivity index (χ3v) is 3.09. The molecule has 0 aliphatic heterocycles. The van der Waals surface area contributed by atoms with Gasteiger partial charge in [-0.15, -0.1) is 0 Å². The van der Waals surface area contributed by atoms with Crippen LogP contribution in [0.15, 0.2) is 35.3 Å². The maximum Gasteiger partial charge on any atom is 0.191 e. The number of guanidine groups is 1. The van der Waals surface area contributed by atoms with Crippen molar-refractivity contribution >= 4 is 5.96 Å². The molecule has 1 unspecified atom stereocenters. The van der Waals surface area contributed by atoms with E-state index >= 15 is 0 Å². The van der Waals surface area contributed by atoms with Gasteiger partial charge in [-0.1, -0.05) is 30.3 Å². The van der Waals surface area contributed by atoms with Crippen LogP contribution in [0.1, 0.15) is 11.6 Å². The predicted octanol–water partition coefficient (Wildman–Crippen LogP) is 1.10. The number of nitrogens with one attached hydrogen (secondary N) is 2. The average molecular weight is 278 g/mol. The highest BCUT2D eigenvalue weighted by atomic mass is 16.5. The van der Waals surface area contributed by atoms with Crippen molar-refractivity contribution in [2.75, 3.05) is 47.9 Å². The second-order valence-corrected chi connectivity index (χ2v) is 4.76. The summed E-state index contributed by atoms with van der Waals surface area (Å²) >= 11 is 0. The Morgan fingerprint density at radius 2 is 1.95 bits per heavy atom. The molecule has 112 valence electrons. The van der Waals surface area contributed by atoms with E-state index in [1.807, 2.05) is 6.07 Å². The van der Waals surface area contributed by atoms with Crippen LogP contribution in [0, 0.1) is 0 Å². The standard InChI is InChI=1S/C15H26N4O/c1-16-15(17-10-11-20-4)18-12-14(19(2)3)13-8-6-5-7-9-13/h5-9,14H,10-12H2,1-4H3,(H2,16,17,18). The van der Waals surface area contributed by atoms with E-state index in [1.54, 1.807) is 14.2 Å². The van der Waals surface area contributed by atoms with Gasteiger partial charge in [0.15, 0.2) is 5.96 Å². The molecule has 0 aromatic heterocycles. The van der Waals surface area contributed by atoms with Gasteiger partial charge in [-0.2, -0.15) is 0 Å². The first-order valence-corrected chi connectivity index (χ1v) is 6.84. The molecule has 0 saturated carbocycles. The summed E-state index contributed by atoms with van der Waals surface area (Å²) < 4.78 is 5.02. The predicted molar refractivity (Wildman–Crippen MR) is 84.1 cm³/mol. The molecule has 0 aliphatic rings. The maximum atomic E-state index is 5.02. The molecule has 2 N–H and O–H groups in total. The SMILES string of the molecule is CN=C(NCCOC)NCC(c1ccccc1)N(C)C. The highest BCUT2D eigenvalue weighted by Crippen LogP contribution is 2.16. The second kappa shape index (κ2) is 9.34. The minimum absolute atomic E-state index is 0.303. The molecule has 0 saturated heterocycles. The molecular formula is C15H26N4O. The molecule has 1 aromatic carbocycles. The van der Waals surface area contributed by atoms with Crippen LogP contribution in [-0.4, -0.2) is 58.8 Å². The van der Waals surface area contributed by atoms with E-state index in [9.17, 15) is 0 Å². The van der Waals surface area contributed by atoms with Gasteiger partial charge < -0.3 is 20.3 Å². The van der Waals surface area contributed by atoms with E-state index < -0.39 is 0 Å². The zero-order valence-electron chi connectivity index (χ0n) is 12.9. The Bertz CT molecular complexity index is 392. The summed E-state index contributed by atoms with van der Waals surface area (Å²) in [6, 6.07) is 10.8. The Morgan fingerprint density at radius 1 is 1.25 bits per heavy atom. The fourth-order valence-corrected chi connectivity index (χ4v) is 1.96. The summed E-state index contributed by atoms with van der Waals surface area (Å²) in [7, 11) is 7.63. The number of nitrogens with zero attached hydrogens (tertiary/aromatic N) is 2. The molecule has 0 spiro atoms. The van der Waals surface area contributed by atoms with Gasteiger partial charge in [0.05, 0.1) is 12.6 Å². The van der Waals surface area contributed by atoms with Crippen LogP contribution in [0.5, 0.6) is 0 Å². The van der Waals surface area contributed by atoms with Crippen LogP contribution in [0.25, 0.3) is 0 Å². The summed E-state index contributed by atoms with van der Waals surface area (Å²) in [5.41, 5.74) is 1.29. The molecule has 0 radical (unpaired) electrons. The van der Waals surface area contributed by atoms with Gasteiger partial charge in [0, 0.05) is 27.2 Å². The first-order valence-electron chi connectivity index (χ1n) is 6.84. The first kappa shape index (κ1) is 16.5. The molecule has 0 amide bonds. The van der Waals surface area contributed by atoms with Crippen LogP contribution >= 0.6 is 0 Å². The van der Waals surface area contributed by atoms with Gasteiger partial charge >= 0.3 is 0 Å². The Labute approximate surface area is 122 Å². The smallest absolute Gasteiger partial charge is 0.191 e. The van der Waals surface area contributed by atoms with Crippen molar-refractivity contribution in [2.45, 2.75) is 6.04 Å². The van der Waals surface area contributed by atoms with Gasteiger partial charge in [0.1, 0.15) is 0 Å². The minimum atomic E-state index is 0.303. The summed E-state index contributed by atoms with van der Waals surface area (Å²) in [5, 5.41) is 6.56. The molecule has 0 fully saturated rings. The van der Waals surface area contributed by atoms with E-state index in [0.29, 0.717) is 12.6 Å². The van der Waals surface area contributed by atoms with Gasteiger partial charge in [-0.3, -0.25) is 4.99 Å². The molecule has 1 rings (SSSR count). The van der Waals surface area contributed by atoms with Gasteiger partial charge in [-0.05, 0) is 19.7 Å². The largest absolute Gasteiger partial charge is 0.383 e. The molecule has 5 nitrogen and oxygen atoms in total. The molecule has 0 aliphatic carbocycles. The number of ether oxygens (including phenoxy) is 1. The van der Waals surface area contributed by atoms with Gasteiger partial charge in [0.25, 0.3) is 0 Å². The molecule has 20 heavy (non-hydrogen) atoms. The molecular weight excluding hydrogens is 252 g/mol. The lowest BCUT2D eigenvalue weighted by Crippen LogP contribution is -2.42. The Kier molecular flexibility index (Phi) is 7.69. The monoisotopic (exact) mass is 278 g/mol. The van der Waals surface area contributed by atoms with Crippen molar-refractivity contribution in [3.05, 3.63) is 35.9 Å². The zero-order valence-corrected chi connectivity index (χ0v) is 12.9. The summed E-state index contributed by atoms with van der Waals surface area (Å²) in [4.78, 5) is 6.40. The minimum Gasteiger partial charge on any atom is -0.383 e. The van der Waals surface area contributed by atoms with Crippen molar-refractivity contribution < 1.29 is 4.74 Å². The first-order chi connectivity index (χ1) is 9.69. The number of methoxy groups -OCH3 is 1.